The summed E-state index contributed by atoms with van der Waals surface area (Å²) in [6, 6.07) is 4.35. The zero-order valence-electron chi connectivity index (χ0n) is 16.7. The first-order chi connectivity index (χ1) is 14.1. The monoisotopic (exact) mass is 463 g/mol. The minimum atomic E-state index is -3.92. The second-order valence-electron chi connectivity index (χ2n) is 7.32. The molecule has 0 bridgehead atoms. The van der Waals surface area contributed by atoms with E-state index in [-0.39, 0.29) is 49.3 Å². The summed E-state index contributed by atoms with van der Waals surface area (Å²) in [5.41, 5.74) is 0. The van der Waals surface area contributed by atoms with Gasteiger partial charge in [-0.3, -0.25) is 4.79 Å². The molecule has 30 heavy (non-hydrogen) atoms. The van der Waals surface area contributed by atoms with Crippen molar-refractivity contribution < 1.29 is 30.8 Å². The lowest BCUT2D eigenvalue weighted by Gasteiger charge is -2.35. The number of sulfonamides is 2. The molecule has 1 atom stereocenters. The van der Waals surface area contributed by atoms with Gasteiger partial charge in [-0.1, -0.05) is 0 Å². The maximum absolute atomic E-state index is 13.0. The first kappa shape index (κ1) is 23.1. The molecule has 0 aliphatic carbocycles. The molecule has 168 valence electrons. The van der Waals surface area contributed by atoms with Gasteiger partial charge in [0.2, 0.25) is 20.0 Å². The number of amides is 1. The number of ether oxygens (including phenoxy) is 1. The molecule has 2 aliphatic heterocycles. The first-order valence-electron chi connectivity index (χ1n) is 9.71. The average Bonchev–Trinajstić information content (AvgIpc) is 3.27. The van der Waals surface area contributed by atoms with Crippen molar-refractivity contribution in [3.8, 4) is 0 Å². The van der Waals surface area contributed by atoms with E-state index >= 15 is 0 Å². The fourth-order valence-corrected chi connectivity index (χ4v) is 6.21. The molecule has 1 amide bonds. The van der Waals surface area contributed by atoms with E-state index in [4.69, 9.17) is 4.74 Å². The van der Waals surface area contributed by atoms with Crippen LogP contribution in [0.5, 0.6) is 0 Å². The number of benzene rings is 1. The third-order valence-corrected chi connectivity index (χ3v) is 9.06. The summed E-state index contributed by atoms with van der Waals surface area (Å²) < 4.78 is 71.0. The fraction of sp³-hybridized carbons (Fsp3) is 0.611. The first-order valence-corrected chi connectivity index (χ1v) is 12.8. The van der Waals surface area contributed by atoms with Gasteiger partial charge in [0.15, 0.2) is 0 Å². The molecule has 1 unspecified atom stereocenters. The average molecular weight is 464 g/mol. The Labute approximate surface area is 176 Å². The van der Waals surface area contributed by atoms with Crippen molar-refractivity contribution in [2.45, 2.75) is 23.8 Å². The highest BCUT2D eigenvalue weighted by Gasteiger charge is 2.34. The Morgan fingerprint density at radius 3 is 2.33 bits per heavy atom. The van der Waals surface area contributed by atoms with Crippen molar-refractivity contribution in [1.82, 2.24) is 13.5 Å². The number of nitrogens with zero attached hydrogens (tertiary/aromatic N) is 3. The minimum absolute atomic E-state index is 0.102. The molecule has 0 spiro atoms. The second-order valence-corrected chi connectivity index (χ2v) is 11.5. The standard InChI is InChI=1S/C18H26FN3O6S2/c1-20(30(26,27)16-6-4-15(19)5-7-16)12-14-29(24,25)22-10-8-21(9-11-22)18(23)17-3-2-13-28-17/h4-7,17H,2-3,8-14H2,1H3. The van der Waals surface area contributed by atoms with Gasteiger partial charge in [0.05, 0.1) is 10.6 Å². The molecule has 12 heteroatoms. The predicted molar refractivity (Wildman–Crippen MR) is 107 cm³/mol. The molecule has 0 aromatic heterocycles. The van der Waals surface area contributed by atoms with Gasteiger partial charge in [-0.2, -0.15) is 8.61 Å². The van der Waals surface area contributed by atoms with Gasteiger partial charge in [0.25, 0.3) is 5.91 Å². The Bertz CT molecular complexity index is 954. The summed E-state index contributed by atoms with van der Waals surface area (Å²) in [6.45, 7) is 1.21. The number of piperazine rings is 1. The summed E-state index contributed by atoms with van der Waals surface area (Å²) in [5.74, 6) is -1.05. The van der Waals surface area contributed by atoms with E-state index in [9.17, 15) is 26.0 Å². The molecule has 0 saturated carbocycles. The van der Waals surface area contributed by atoms with Crippen molar-refractivity contribution in [1.29, 1.82) is 0 Å². The quantitative estimate of drug-likeness (QED) is 0.568. The number of hydrogen-bond acceptors (Lipinski definition) is 6. The smallest absolute Gasteiger partial charge is 0.251 e. The van der Waals surface area contributed by atoms with Crippen LogP contribution in [-0.2, 0) is 29.6 Å². The molecule has 2 saturated heterocycles. The van der Waals surface area contributed by atoms with Crippen LogP contribution in [0, 0.1) is 5.82 Å². The van der Waals surface area contributed by atoms with Gasteiger partial charge in [0, 0.05) is 46.4 Å². The molecule has 1 aromatic rings. The summed E-state index contributed by atoms with van der Waals surface area (Å²) in [7, 11) is -6.34. The van der Waals surface area contributed by atoms with Crippen LogP contribution in [0.4, 0.5) is 4.39 Å². The van der Waals surface area contributed by atoms with Crippen LogP contribution in [0.1, 0.15) is 12.8 Å². The van der Waals surface area contributed by atoms with Crippen molar-refractivity contribution >= 4 is 26.0 Å². The predicted octanol–water partition coefficient (Wildman–Crippen LogP) is 0.0992. The van der Waals surface area contributed by atoms with E-state index < -0.39 is 32.0 Å². The second kappa shape index (κ2) is 9.27. The van der Waals surface area contributed by atoms with Gasteiger partial charge in [-0.25, -0.2) is 21.2 Å². The zero-order chi connectivity index (χ0) is 21.9. The third-order valence-electron chi connectivity index (χ3n) is 5.33. The van der Waals surface area contributed by atoms with Gasteiger partial charge in [-0.15, -0.1) is 0 Å². The summed E-state index contributed by atoms with van der Waals surface area (Å²) in [6.07, 6.45) is 1.10. The maximum atomic E-state index is 13.0. The highest BCUT2D eigenvalue weighted by molar-refractivity contribution is 7.90. The molecule has 3 rings (SSSR count). The summed E-state index contributed by atoms with van der Waals surface area (Å²) in [5, 5.41) is 0. The van der Waals surface area contributed by atoms with Crippen LogP contribution in [0.15, 0.2) is 29.2 Å². The van der Waals surface area contributed by atoms with Gasteiger partial charge >= 0.3 is 0 Å². The van der Waals surface area contributed by atoms with E-state index in [0.717, 1.165) is 35.0 Å². The lowest BCUT2D eigenvalue weighted by molar-refractivity contribution is -0.142. The van der Waals surface area contributed by atoms with E-state index in [1.807, 2.05) is 0 Å². The van der Waals surface area contributed by atoms with E-state index in [1.54, 1.807) is 4.90 Å². The Morgan fingerprint density at radius 1 is 1.13 bits per heavy atom. The topological polar surface area (TPSA) is 104 Å². The van der Waals surface area contributed by atoms with Crippen LogP contribution in [0.3, 0.4) is 0 Å². The van der Waals surface area contributed by atoms with Crippen molar-refractivity contribution in [2.75, 3.05) is 52.1 Å². The Morgan fingerprint density at radius 2 is 1.77 bits per heavy atom. The Balaban J connectivity index is 1.54. The molecule has 2 aliphatic rings. The molecule has 2 fully saturated rings. The van der Waals surface area contributed by atoms with Crippen LogP contribution < -0.4 is 0 Å². The van der Waals surface area contributed by atoms with Crippen LogP contribution in [0.25, 0.3) is 0 Å². The largest absolute Gasteiger partial charge is 0.368 e. The normalized spacial score (nSPS) is 21.3. The molecular weight excluding hydrogens is 437 g/mol. The van der Waals surface area contributed by atoms with Crippen molar-refractivity contribution in [3.05, 3.63) is 30.1 Å². The van der Waals surface area contributed by atoms with E-state index in [1.165, 1.54) is 11.4 Å². The van der Waals surface area contributed by atoms with Gasteiger partial charge in [0.1, 0.15) is 11.9 Å². The molecular formula is C18H26FN3O6S2. The number of rotatable bonds is 7. The van der Waals surface area contributed by atoms with Crippen LogP contribution >= 0.6 is 0 Å². The lowest BCUT2D eigenvalue weighted by Crippen LogP contribution is -2.53. The number of hydrogen-bond donors (Lipinski definition) is 0. The van der Waals surface area contributed by atoms with Gasteiger partial charge in [-0.05, 0) is 37.1 Å². The highest BCUT2D eigenvalue weighted by atomic mass is 32.2. The number of carbonyl (C=O) groups is 1. The number of carbonyl (C=O) groups excluding carboxylic acids is 1. The maximum Gasteiger partial charge on any atom is 0.251 e. The Kier molecular flexibility index (Phi) is 7.13. The Hall–Kier alpha value is -1.60. The van der Waals surface area contributed by atoms with Gasteiger partial charge < -0.3 is 9.64 Å². The molecule has 9 nitrogen and oxygen atoms in total. The molecule has 0 N–H and O–H groups in total. The highest BCUT2D eigenvalue weighted by Crippen LogP contribution is 2.18. The minimum Gasteiger partial charge on any atom is -0.368 e. The third kappa shape index (κ3) is 5.17. The molecule has 2 heterocycles. The number of halogens is 1. The van der Waals surface area contributed by atoms with Crippen molar-refractivity contribution in [3.63, 3.8) is 0 Å². The van der Waals surface area contributed by atoms with Crippen LogP contribution in [-0.4, -0.2) is 94.5 Å². The van der Waals surface area contributed by atoms with E-state index in [0.29, 0.717) is 13.0 Å². The fourth-order valence-electron chi connectivity index (χ4n) is 3.44. The van der Waals surface area contributed by atoms with E-state index in [2.05, 4.69) is 0 Å². The van der Waals surface area contributed by atoms with Crippen LogP contribution in [0.2, 0.25) is 0 Å². The SMILES string of the molecule is CN(CCS(=O)(=O)N1CCN(C(=O)C2CCCO2)CC1)S(=O)(=O)c1ccc(F)cc1. The molecule has 1 aromatic carbocycles. The van der Waals surface area contributed by atoms with Crippen molar-refractivity contribution in [2.24, 2.45) is 0 Å². The zero-order valence-corrected chi connectivity index (χ0v) is 18.4. The summed E-state index contributed by atoms with van der Waals surface area (Å²) in [4.78, 5) is 13.9. The molecule has 0 radical (unpaired) electrons. The lowest BCUT2D eigenvalue weighted by atomic mass is 10.2. The summed E-state index contributed by atoms with van der Waals surface area (Å²) >= 11 is 0.